The van der Waals surface area contributed by atoms with Gasteiger partial charge in [-0.2, -0.15) is 0 Å². The van der Waals surface area contributed by atoms with Gasteiger partial charge in [0.1, 0.15) is 0 Å². The number of nitrogens with zero attached hydrogens (tertiary/aromatic N) is 1. The molecule has 0 saturated carbocycles. The van der Waals surface area contributed by atoms with Gasteiger partial charge in [-0.25, -0.2) is 0 Å². The molecular weight excluding hydrogens is 579 g/mol. The summed E-state index contributed by atoms with van der Waals surface area (Å²) in [4.78, 5) is 2.88. The highest BCUT2D eigenvalue weighted by Gasteiger charge is 2.37. The maximum Gasteiger partial charge on any atom is 0.0402 e. The molecule has 0 radical (unpaired) electrons. The van der Waals surface area contributed by atoms with Gasteiger partial charge >= 0.3 is 0 Å². The van der Waals surface area contributed by atoms with E-state index in [4.69, 9.17) is 0 Å². The fraction of sp³-hybridized carbons (Fsp3) is 0.872. The molecule has 0 N–H and O–H groups in total. The van der Waals surface area contributed by atoms with Crippen LogP contribution in [0.4, 0.5) is 5.69 Å². The van der Waals surface area contributed by atoms with Crippen LogP contribution >= 0.6 is 0 Å². The molecule has 1 heterocycles. The molecule has 0 amide bonds. The first kappa shape index (κ1) is 43.2. The molecule has 48 heavy (non-hydrogen) atoms. The van der Waals surface area contributed by atoms with Gasteiger partial charge in [-0.1, -0.05) is 238 Å². The molecule has 2 rings (SSSR count). The highest BCUT2D eigenvalue weighted by Crippen LogP contribution is 2.40. The van der Waals surface area contributed by atoms with Gasteiger partial charge < -0.3 is 4.90 Å². The highest BCUT2D eigenvalue weighted by atomic mass is 15.2. The van der Waals surface area contributed by atoms with E-state index in [-0.39, 0.29) is 0 Å². The summed E-state index contributed by atoms with van der Waals surface area (Å²) in [7, 11) is 0. The van der Waals surface area contributed by atoms with Crippen molar-refractivity contribution in [1.29, 1.82) is 0 Å². The van der Waals surface area contributed by atoms with E-state index in [1.165, 1.54) is 250 Å². The SMILES string of the molecule is CCCCCCCCCCCCCCCCCCC1(CCCCCCCCCCCCCCCCCC)CCCCN1c1ccccc1. The van der Waals surface area contributed by atoms with E-state index in [9.17, 15) is 0 Å². The van der Waals surface area contributed by atoms with E-state index in [2.05, 4.69) is 49.1 Å². The van der Waals surface area contributed by atoms with Crippen LogP contribution in [-0.4, -0.2) is 12.1 Å². The fourth-order valence-electron chi connectivity index (χ4n) is 8.76. The van der Waals surface area contributed by atoms with Crippen LogP contribution in [0.5, 0.6) is 0 Å². The van der Waals surface area contributed by atoms with Crippen molar-refractivity contribution in [2.45, 2.75) is 257 Å². The zero-order chi connectivity index (χ0) is 34.1. The third-order valence-corrected chi connectivity index (χ3v) is 11.9. The number of para-hydroxylation sites is 1. The maximum absolute atomic E-state index is 2.88. The van der Waals surface area contributed by atoms with Crippen molar-refractivity contribution in [3.63, 3.8) is 0 Å². The average Bonchev–Trinajstić information content (AvgIpc) is 3.12. The molecule has 1 heteroatoms. The van der Waals surface area contributed by atoms with Gasteiger partial charge in [0.05, 0.1) is 0 Å². The molecule has 0 atom stereocenters. The first-order valence-electron chi connectivity index (χ1n) is 22.6. The molecule has 0 unspecified atom stereocenters. The number of benzene rings is 1. The van der Waals surface area contributed by atoms with Crippen LogP contribution in [-0.2, 0) is 0 Å². The lowest BCUT2D eigenvalue weighted by atomic mass is 9.77. The molecule has 1 saturated heterocycles. The van der Waals surface area contributed by atoms with E-state index in [0.29, 0.717) is 5.54 Å². The first-order chi connectivity index (χ1) is 23.8. The Morgan fingerprint density at radius 3 is 1.04 bits per heavy atom. The van der Waals surface area contributed by atoms with Crippen LogP contribution in [0.3, 0.4) is 0 Å². The Labute approximate surface area is 303 Å². The Kier molecular flexibility index (Phi) is 28.8. The number of rotatable bonds is 35. The number of hydrogen-bond acceptors (Lipinski definition) is 1. The minimum atomic E-state index is 0.408. The summed E-state index contributed by atoms with van der Waals surface area (Å²) in [5.74, 6) is 0. The molecule has 1 aromatic rings. The van der Waals surface area contributed by atoms with Crippen molar-refractivity contribution in [3.05, 3.63) is 30.3 Å². The number of unbranched alkanes of at least 4 members (excludes halogenated alkanes) is 30. The van der Waals surface area contributed by atoms with Crippen molar-refractivity contribution in [1.82, 2.24) is 0 Å². The van der Waals surface area contributed by atoms with Crippen LogP contribution in [0, 0.1) is 0 Å². The van der Waals surface area contributed by atoms with Gasteiger partial charge in [0.25, 0.3) is 0 Å². The highest BCUT2D eigenvalue weighted by molar-refractivity contribution is 5.49. The Morgan fingerprint density at radius 1 is 0.396 bits per heavy atom. The standard InChI is InChI=1S/C47H87N/c1-3-5-7-9-11-13-15-17-19-21-23-25-27-29-31-36-42-47(44-38-39-45-48(47)46-40-34-33-35-41-46)43-37-32-30-28-26-24-22-20-18-16-14-12-10-8-6-4-2/h33-35,40-41H,3-32,36-39,42-45H2,1-2H3. The summed E-state index contributed by atoms with van der Waals surface area (Å²) >= 11 is 0. The second-order valence-electron chi connectivity index (χ2n) is 16.3. The van der Waals surface area contributed by atoms with E-state index < -0.39 is 0 Å². The van der Waals surface area contributed by atoms with Crippen LogP contribution in [0.25, 0.3) is 0 Å². The van der Waals surface area contributed by atoms with Crippen LogP contribution < -0.4 is 4.90 Å². The molecular formula is C47H87N. The third kappa shape index (κ3) is 22.0. The number of anilines is 1. The lowest BCUT2D eigenvalue weighted by Crippen LogP contribution is -2.52. The molecule has 1 nitrogen and oxygen atoms in total. The normalized spacial score (nSPS) is 14.6. The van der Waals surface area contributed by atoms with Gasteiger partial charge in [-0.05, 0) is 44.2 Å². The second-order valence-corrected chi connectivity index (χ2v) is 16.3. The predicted molar refractivity (Wildman–Crippen MR) is 219 cm³/mol. The zero-order valence-electron chi connectivity index (χ0n) is 33.2. The van der Waals surface area contributed by atoms with Gasteiger partial charge in [-0.3, -0.25) is 0 Å². The summed E-state index contributed by atoms with van der Waals surface area (Å²) in [6, 6.07) is 11.5. The van der Waals surface area contributed by atoms with E-state index >= 15 is 0 Å². The molecule has 1 aliphatic heterocycles. The molecule has 0 aromatic heterocycles. The Balaban J connectivity index is 1.57. The predicted octanol–water partition coefficient (Wildman–Crippen LogP) is 16.7. The summed E-state index contributed by atoms with van der Waals surface area (Å²) in [5, 5.41) is 0. The van der Waals surface area contributed by atoms with Crippen molar-refractivity contribution >= 4 is 5.69 Å². The van der Waals surface area contributed by atoms with Gasteiger partial charge in [0.2, 0.25) is 0 Å². The van der Waals surface area contributed by atoms with E-state index in [1.807, 2.05) is 0 Å². The summed E-state index contributed by atoms with van der Waals surface area (Å²) in [6.45, 7) is 5.90. The third-order valence-electron chi connectivity index (χ3n) is 11.9. The molecule has 0 aliphatic carbocycles. The zero-order valence-corrected chi connectivity index (χ0v) is 33.2. The molecule has 1 aromatic carbocycles. The number of piperidine rings is 1. The monoisotopic (exact) mass is 666 g/mol. The van der Waals surface area contributed by atoms with Gasteiger partial charge in [0.15, 0.2) is 0 Å². The van der Waals surface area contributed by atoms with E-state index in [0.717, 1.165) is 0 Å². The largest absolute Gasteiger partial charge is 0.366 e. The average molecular weight is 666 g/mol. The van der Waals surface area contributed by atoms with Crippen molar-refractivity contribution in [3.8, 4) is 0 Å². The van der Waals surface area contributed by atoms with Crippen LogP contribution in [0.1, 0.15) is 251 Å². The topological polar surface area (TPSA) is 3.24 Å². The Hall–Kier alpha value is -0.980. The minimum absolute atomic E-state index is 0.408. The first-order valence-corrected chi connectivity index (χ1v) is 22.6. The molecule has 1 fully saturated rings. The van der Waals surface area contributed by atoms with E-state index in [1.54, 1.807) is 0 Å². The Morgan fingerprint density at radius 2 is 0.708 bits per heavy atom. The van der Waals surface area contributed by atoms with Gasteiger partial charge in [-0.15, -0.1) is 0 Å². The lowest BCUT2D eigenvalue weighted by Gasteiger charge is -2.49. The smallest absolute Gasteiger partial charge is 0.0402 e. The Bertz CT molecular complexity index is 735. The minimum Gasteiger partial charge on any atom is -0.366 e. The molecule has 0 spiro atoms. The van der Waals surface area contributed by atoms with Crippen LogP contribution in [0.15, 0.2) is 30.3 Å². The summed E-state index contributed by atoms with van der Waals surface area (Å²) in [6.07, 6.45) is 53.7. The maximum atomic E-state index is 2.88. The number of hydrogen-bond donors (Lipinski definition) is 0. The van der Waals surface area contributed by atoms with Gasteiger partial charge in [0, 0.05) is 17.8 Å². The summed E-state index contributed by atoms with van der Waals surface area (Å²) in [5.41, 5.74) is 1.90. The molecule has 280 valence electrons. The van der Waals surface area contributed by atoms with Crippen molar-refractivity contribution in [2.24, 2.45) is 0 Å². The van der Waals surface area contributed by atoms with Crippen molar-refractivity contribution in [2.75, 3.05) is 11.4 Å². The summed E-state index contributed by atoms with van der Waals surface area (Å²) < 4.78 is 0. The molecule has 1 aliphatic rings. The fourth-order valence-corrected chi connectivity index (χ4v) is 8.76. The molecule has 0 bridgehead atoms. The quantitative estimate of drug-likeness (QED) is 0.0652. The second kappa shape index (κ2) is 32.0. The lowest BCUT2D eigenvalue weighted by molar-refractivity contribution is 0.253. The van der Waals surface area contributed by atoms with Crippen molar-refractivity contribution < 1.29 is 0 Å². The van der Waals surface area contributed by atoms with Crippen LogP contribution in [0.2, 0.25) is 0 Å².